The van der Waals surface area contributed by atoms with Crippen LogP contribution in [0.3, 0.4) is 0 Å². The Labute approximate surface area is 116 Å². The molecule has 1 saturated heterocycles. The maximum atomic E-state index is 13.0. The monoisotopic (exact) mass is 276 g/mol. The Bertz CT molecular complexity index is 591. The zero-order chi connectivity index (χ0) is 13.9. The van der Waals surface area contributed by atoms with Gasteiger partial charge < -0.3 is 9.84 Å². The van der Waals surface area contributed by atoms with Crippen molar-refractivity contribution in [1.29, 1.82) is 0 Å². The zero-order valence-corrected chi connectivity index (χ0v) is 11.1. The molecular weight excluding hydrogens is 259 g/mol. The summed E-state index contributed by atoms with van der Waals surface area (Å²) in [5.41, 5.74) is 1.40. The van der Waals surface area contributed by atoms with Crippen LogP contribution in [0.2, 0.25) is 0 Å². The first-order valence-electron chi connectivity index (χ1n) is 6.81. The average Bonchev–Trinajstić information content (AvgIpc) is 2.88. The van der Waals surface area contributed by atoms with E-state index >= 15 is 0 Å². The first-order valence-corrected chi connectivity index (χ1v) is 6.81. The summed E-state index contributed by atoms with van der Waals surface area (Å²) in [5, 5.41) is 14.1. The van der Waals surface area contributed by atoms with Gasteiger partial charge in [-0.1, -0.05) is 0 Å². The third-order valence-electron chi connectivity index (χ3n) is 3.69. The van der Waals surface area contributed by atoms with Crippen LogP contribution in [0, 0.1) is 11.7 Å². The van der Waals surface area contributed by atoms with Crippen LogP contribution in [0.1, 0.15) is 12.8 Å². The van der Waals surface area contributed by atoms with Crippen molar-refractivity contribution < 1.29 is 14.2 Å². The van der Waals surface area contributed by atoms with Crippen molar-refractivity contribution in [2.75, 3.05) is 13.2 Å². The van der Waals surface area contributed by atoms with Gasteiger partial charge in [0.15, 0.2) is 0 Å². The lowest BCUT2D eigenvalue weighted by Crippen LogP contribution is -2.20. The molecule has 1 N–H and O–H groups in total. The number of hydrogen-bond donors (Lipinski definition) is 1. The highest BCUT2D eigenvalue weighted by Crippen LogP contribution is 2.29. The standard InChI is InChI=1S/C15H17FN2O2/c16-13-1-2-14(15(19)7-13)12-8-17-18(10-12)9-11-3-5-20-6-4-11/h1-2,7-8,10-11,19H,3-6,9H2. The van der Waals surface area contributed by atoms with Crippen molar-refractivity contribution in [1.82, 2.24) is 9.78 Å². The van der Waals surface area contributed by atoms with Crippen molar-refractivity contribution in [2.24, 2.45) is 5.92 Å². The van der Waals surface area contributed by atoms with Crippen LogP contribution in [0.25, 0.3) is 11.1 Å². The first-order chi connectivity index (χ1) is 9.72. The summed E-state index contributed by atoms with van der Waals surface area (Å²) < 4.78 is 20.2. The largest absolute Gasteiger partial charge is 0.507 e. The highest BCUT2D eigenvalue weighted by molar-refractivity contribution is 5.68. The van der Waals surface area contributed by atoms with E-state index in [4.69, 9.17) is 4.74 Å². The molecule has 0 spiro atoms. The normalized spacial score (nSPS) is 16.4. The highest BCUT2D eigenvalue weighted by atomic mass is 19.1. The van der Waals surface area contributed by atoms with E-state index < -0.39 is 5.82 Å². The molecule has 20 heavy (non-hydrogen) atoms. The molecule has 1 aliphatic rings. The molecule has 1 aromatic carbocycles. The third kappa shape index (κ3) is 2.82. The minimum absolute atomic E-state index is 0.0596. The quantitative estimate of drug-likeness (QED) is 0.937. The molecule has 0 radical (unpaired) electrons. The van der Waals surface area contributed by atoms with Gasteiger partial charge in [-0.3, -0.25) is 4.68 Å². The number of nitrogens with zero attached hydrogens (tertiary/aromatic N) is 2. The van der Waals surface area contributed by atoms with Gasteiger partial charge in [-0.2, -0.15) is 5.10 Å². The minimum atomic E-state index is -0.444. The van der Waals surface area contributed by atoms with Gasteiger partial charge in [0.05, 0.1) is 6.20 Å². The van der Waals surface area contributed by atoms with E-state index in [0.717, 1.165) is 44.2 Å². The number of phenolic OH excluding ortho intramolecular Hbond substituents is 1. The second kappa shape index (κ2) is 5.63. The smallest absolute Gasteiger partial charge is 0.126 e. The number of benzene rings is 1. The molecule has 0 aliphatic carbocycles. The molecule has 1 fully saturated rings. The van der Waals surface area contributed by atoms with Crippen LogP contribution < -0.4 is 0 Å². The molecule has 0 amide bonds. The van der Waals surface area contributed by atoms with Gasteiger partial charge in [-0.25, -0.2) is 4.39 Å². The summed E-state index contributed by atoms with van der Waals surface area (Å²) >= 11 is 0. The van der Waals surface area contributed by atoms with E-state index in [2.05, 4.69) is 5.10 Å². The molecule has 106 valence electrons. The number of halogens is 1. The second-order valence-electron chi connectivity index (χ2n) is 5.17. The molecule has 0 unspecified atom stereocenters. The number of rotatable bonds is 3. The maximum absolute atomic E-state index is 13.0. The van der Waals surface area contributed by atoms with Crippen molar-refractivity contribution in [3.05, 3.63) is 36.4 Å². The Balaban J connectivity index is 1.75. The van der Waals surface area contributed by atoms with Gasteiger partial charge in [0.1, 0.15) is 11.6 Å². The number of hydrogen-bond acceptors (Lipinski definition) is 3. The summed E-state index contributed by atoms with van der Waals surface area (Å²) in [5.74, 6) is 0.0785. The Morgan fingerprint density at radius 1 is 1.35 bits per heavy atom. The SMILES string of the molecule is Oc1cc(F)ccc1-c1cnn(CC2CCOCC2)c1. The molecule has 5 heteroatoms. The number of aromatic nitrogens is 2. The highest BCUT2D eigenvalue weighted by Gasteiger charge is 2.15. The first kappa shape index (κ1) is 13.1. The van der Waals surface area contributed by atoms with Crippen molar-refractivity contribution >= 4 is 0 Å². The molecule has 3 rings (SSSR count). The molecule has 0 atom stereocenters. The molecule has 1 aliphatic heterocycles. The molecule has 2 aromatic rings. The zero-order valence-electron chi connectivity index (χ0n) is 11.1. The van der Waals surface area contributed by atoms with E-state index in [9.17, 15) is 9.50 Å². The van der Waals surface area contributed by atoms with E-state index in [0.29, 0.717) is 11.5 Å². The third-order valence-corrected chi connectivity index (χ3v) is 3.69. The summed E-state index contributed by atoms with van der Waals surface area (Å²) in [6.45, 7) is 2.49. The second-order valence-corrected chi connectivity index (χ2v) is 5.17. The van der Waals surface area contributed by atoms with Gasteiger partial charge in [0, 0.05) is 43.1 Å². The molecule has 4 nitrogen and oxygen atoms in total. The summed E-state index contributed by atoms with van der Waals surface area (Å²) in [4.78, 5) is 0. The van der Waals surface area contributed by atoms with E-state index in [-0.39, 0.29) is 5.75 Å². The fourth-order valence-corrected chi connectivity index (χ4v) is 2.54. The number of phenols is 1. The summed E-state index contributed by atoms with van der Waals surface area (Å²) in [6, 6.07) is 4.02. The van der Waals surface area contributed by atoms with Crippen molar-refractivity contribution in [2.45, 2.75) is 19.4 Å². The average molecular weight is 276 g/mol. The molecular formula is C15H17FN2O2. The number of ether oxygens (including phenoxy) is 1. The fourth-order valence-electron chi connectivity index (χ4n) is 2.54. The van der Waals surface area contributed by atoms with Crippen LogP contribution >= 0.6 is 0 Å². The fraction of sp³-hybridized carbons (Fsp3) is 0.400. The van der Waals surface area contributed by atoms with Gasteiger partial charge in [-0.15, -0.1) is 0 Å². The minimum Gasteiger partial charge on any atom is -0.507 e. The predicted molar refractivity (Wildman–Crippen MR) is 72.8 cm³/mol. The summed E-state index contributed by atoms with van der Waals surface area (Å²) in [7, 11) is 0. The van der Waals surface area contributed by atoms with Crippen LogP contribution in [0.15, 0.2) is 30.6 Å². The predicted octanol–water partition coefficient (Wildman–Crippen LogP) is 2.82. The van der Waals surface area contributed by atoms with Crippen LogP contribution in [0.5, 0.6) is 5.75 Å². The molecule has 0 bridgehead atoms. The van der Waals surface area contributed by atoms with Gasteiger partial charge in [0.2, 0.25) is 0 Å². The van der Waals surface area contributed by atoms with Gasteiger partial charge >= 0.3 is 0 Å². The Morgan fingerprint density at radius 2 is 2.15 bits per heavy atom. The topological polar surface area (TPSA) is 47.3 Å². The Hall–Kier alpha value is -1.88. The number of aromatic hydroxyl groups is 1. The van der Waals surface area contributed by atoms with Crippen LogP contribution in [-0.2, 0) is 11.3 Å². The molecule has 1 aromatic heterocycles. The Kier molecular flexibility index (Phi) is 3.69. The van der Waals surface area contributed by atoms with Crippen LogP contribution in [-0.4, -0.2) is 28.1 Å². The molecule has 0 saturated carbocycles. The van der Waals surface area contributed by atoms with Crippen molar-refractivity contribution in [3.63, 3.8) is 0 Å². The van der Waals surface area contributed by atoms with E-state index in [1.165, 1.54) is 6.07 Å². The Morgan fingerprint density at radius 3 is 2.90 bits per heavy atom. The lowest BCUT2D eigenvalue weighted by Gasteiger charge is -2.21. The van der Waals surface area contributed by atoms with Crippen LogP contribution in [0.4, 0.5) is 4.39 Å². The van der Waals surface area contributed by atoms with Gasteiger partial charge in [-0.05, 0) is 30.9 Å². The summed E-state index contributed by atoms with van der Waals surface area (Å²) in [6.07, 6.45) is 5.70. The van der Waals surface area contributed by atoms with Crippen molar-refractivity contribution in [3.8, 4) is 16.9 Å². The lowest BCUT2D eigenvalue weighted by molar-refractivity contribution is 0.0601. The van der Waals surface area contributed by atoms with E-state index in [1.807, 2.05) is 10.9 Å². The lowest BCUT2D eigenvalue weighted by atomic mass is 10.0. The maximum Gasteiger partial charge on any atom is 0.126 e. The molecule has 2 heterocycles. The van der Waals surface area contributed by atoms with Gasteiger partial charge in [0.25, 0.3) is 0 Å². The van der Waals surface area contributed by atoms with E-state index in [1.54, 1.807) is 12.3 Å².